The van der Waals surface area contributed by atoms with Crippen molar-refractivity contribution in [3.63, 3.8) is 0 Å². The quantitative estimate of drug-likeness (QED) is 0.166. The molecule has 0 saturated carbocycles. The Labute approximate surface area is 189 Å². The van der Waals surface area contributed by atoms with Crippen LogP contribution in [0.15, 0.2) is 0 Å². The number of hydrogen-bond donors (Lipinski definition) is 3. The SMILES string of the molecule is O=C(O)CN1CCN(CC(=O)O)CCN(CC(=O)[I-]I)CCN(CC(=O)O)CC1. The van der Waals surface area contributed by atoms with Crippen LogP contribution in [0.3, 0.4) is 0 Å². The molecule has 1 heterocycles. The average Bonchev–Trinajstić information content (AvgIpc) is 2.62. The van der Waals surface area contributed by atoms with E-state index in [2.05, 4.69) is 18.6 Å². The number of carbonyl (C=O) groups excluding carboxylic acids is 1. The molecule has 0 aromatic carbocycles. The van der Waals surface area contributed by atoms with Gasteiger partial charge in [0.25, 0.3) is 0 Å². The second-order valence-corrected chi connectivity index (χ2v) is 11.1. The zero-order valence-corrected chi connectivity index (χ0v) is 20.3. The molecule has 1 aliphatic heterocycles. The van der Waals surface area contributed by atoms with Gasteiger partial charge in [0.1, 0.15) is 0 Å². The predicted molar refractivity (Wildman–Crippen MR) is 108 cm³/mol. The predicted octanol–water partition coefficient (Wildman–Crippen LogP) is -4.57. The first-order chi connectivity index (χ1) is 13.7. The van der Waals surface area contributed by atoms with Crippen molar-refractivity contribution >= 4 is 40.3 Å². The zero-order valence-electron chi connectivity index (χ0n) is 16.0. The molecule has 0 radical (unpaired) electrons. The van der Waals surface area contributed by atoms with Crippen LogP contribution in [0.2, 0.25) is 0 Å². The van der Waals surface area contributed by atoms with E-state index in [1.54, 1.807) is 14.7 Å². The van der Waals surface area contributed by atoms with Crippen LogP contribution >= 0.6 is 18.6 Å². The van der Waals surface area contributed by atoms with E-state index in [9.17, 15) is 19.2 Å². The topological polar surface area (TPSA) is 142 Å². The van der Waals surface area contributed by atoms with Crippen molar-refractivity contribution in [3.05, 3.63) is 0 Å². The van der Waals surface area contributed by atoms with Crippen LogP contribution in [0.5, 0.6) is 0 Å². The number of rotatable bonds is 9. The van der Waals surface area contributed by atoms with E-state index < -0.39 is 35.1 Å². The van der Waals surface area contributed by atoms with Gasteiger partial charge in [0.2, 0.25) is 0 Å². The van der Waals surface area contributed by atoms with E-state index in [-0.39, 0.29) is 30.0 Å². The van der Waals surface area contributed by atoms with E-state index >= 15 is 0 Å². The van der Waals surface area contributed by atoms with Gasteiger partial charge in [-0.3, -0.25) is 0 Å². The first kappa shape index (κ1) is 26.4. The summed E-state index contributed by atoms with van der Waals surface area (Å²) in [4.78, 5) is 52.6. The van der Waals surface area contributed by atoms with Gasteiger partial charge in [0, 0.05) is 0 Å². The third-order valence-electron chi connectivity index (χ3n) is 4.43. The normalized spacial score (nSPS) is 19.3. The Kier molecular flexibility index (Phi) is 13.1. The van der Waals surface area contributed by atoms with Crippen LogP contribution in [0, 0.1) is 0 Å². The summed E-state index contributed by atoms with van der Waals surface area (Å²) < 4.78 is 0.165. The molecule has 0 bridgehead atoms. The van der Waals surface area contributed by atoms with Gasteiger partial charge in [-0.1, -0.05) is 0 Å². The number of halogens is 2. The summed E-state index contributed by atoms with van der Waals surface area (Å²) in [6.45, 7) is 3.07. The minimum atomic E-state index is -0.988. The third kappa shape index (κ3) is 12.6. The van der Waals surface area contributed by atoms with E-state index in [0.717, 1.165) is 0 Å². The maximum absolute atomic E-state index is 11.9. The molecule has 0 spiro atoms. The molecule has 13 heteroatoms. The number of carboxylic acids is 3. The molecular formula is C16H27I2N4O7-. The van der Waals surface area contributed by atoms with E-state index in [1.165, 1.54) is 0 Å². The van der Waals surface area contributed by atoms with Crippen molar-refractivity contribution in [1.82, 2.24) is 19.6 Å². The van der Waals surface area contributed by atoms with Crippen molar-refractivity contribution in [2.45, 2.75) is 0 Å². The summed E-state index contributed by atoms with van der Waals surface area (Å²) in [6.07, 6.45) is 0. The summed E-state index contributed by atoms with van der Waals surface area (Å²) in [5, 5.41) is 27.4. The fourth-order valence-corrected chi connectivity index (χ4v) is 4.46. The second-order valence-electron chi connectivity index (χ2n) is 6.71. The zero-order chi connectivity index (χ0) is 21.8. The Morgan fingerprint density at radius 1 is 0.586 bits per heavy atom. The van der Waals surface area contributed by atoms with Gasteiger partial charge in [-0.05, 0) is 0 Å². The summed E-state index contributed by atoms with van der Waals surface area (Å²) in [5.41, 5.74) is 0. The molecule has 0 aliphatic carbocycles. The summed E-state index contributed by atoms with van der Waals surface area (Å²) in [7, 11) is 0. The number of aliphatic carboxylic acids is 3. The molecule has 0 aromatic rings. The van der Waals surface area contributed by atoms with Crippen LogP contribution in [-0.4, -0.2) is 135 Å². The molecule has 3 N–H and O–H groups in total. The number of carboxylic acid groups (broad SMARTS) is 3. The standard InChI is InChI=1S/C16H27I2N4O7/c17-18-13(23)9-19-1-3-20(10-14(24)25)5-7-22(12-16(28)29)8-6-21(4-2-19)11-15(26)27/h1-12H2,(H,24,25)(H,26,27)(H,28,29)/q-1. The van der Waals surface area contributed by atoms with Crippen molar-refractivity contribution in [2.24, 2.45) is 0 Å². The van der Waals surface area contributed by atoms with Crippen molar-refractivity contribution in [1.29, 1.82) is 0 Å². The van der Waals surface area contributed by atoms with E-state index in [0.29, 0.717) is 52.4 Å². The molecular weight excluding hydrogens is 614 g/mol. The summed E-state index contributed by atoms with van der Waals surface area (Å²) in [6, 6.07) is 0. The van der Waals surface area contributed by atoms with E-state index in [4.69, 9.17) is 15.3 Å². The molecule has 29 heavy (non-hydrogen) atoms. The average molecular weight is 641 g/mol. The summed E-state index contributed by atoms with van der Waals surface area (Å²) in [5.74, 6) is -2.91. The summed E-state index contributed by atoms with van der Waals surface area (Å²) >= 11 is 1.53. The van der Waals surface area contributed by atoms with Gasteiger partial charge < -0.3 is 0 Å². The van der Waals surface area contributed by atoms with Gasteiger partial charge in [-0.25, -0.2) is 0 Å². The van der Waals surface area contributed by atoms with Crippen LogP contribution < -0.4 is 17.2 Å². The fraction of sp³-hybridized carbons (Fsp3) is 0.750. The Morgan fingerprint density at radius 3 is 1.03 bits per heavy atom. The van der Waals surface area contributed by atoms with Crippen molar-refractivity contribution in [3.8, 4) is 0 Å². The van der Waals surface area contributed by atoms with Gasteiger partial charge >= 0.3 is 190 Å². The molecule has 0 amide bonds. The number of hydrogen-bond acceptors (Lipinski definition) is 8. The minimum absolute atomic E-state index is 0.160. The van der Waals surface area contributed by atoms with Gasteiger partial charge in [0.15, 0.2) is 0 Å². The molecule has 1 aliphatic rings. The van der Waals surface area contributed by atoms with Crippen LogP contribution in [-0.2, 0) is 19.2 Å². The monoisotopic (exact) mass is 641 g/mol. The first-order valence-corrected chi connectivity index (χ1v) is 16.4. The molecule has 168 valence electrons. The first-order valence-electron chi connectivity index (χ1n) is 9.03. The fourth-order valence-electron chi connectivity index (χ4n) is 2.98. The van der Waals surface area contributed by atoms with Gasteiger partial charge in [-0.15, -0.1) is 0 Å². The maximum atomic E-state index is 11.9. The Bertz CT molecular complexity index is 549. The molecule has 11 nitrogen and oxygen atoms in total. The molecule has 0 aromatic heterocycles. The van der Waals surface area contributed by atoms with Crippen LogP contribution in [0.1, 0.15) is 0 Å². The van der Waals surface area contributed by atoms with Gasteiger partial charge in [-0.2, -0.15) is 0 Å². The Hall–Kier alpha value is -0.620. The molecule has 1 fully saturated rings. The molecule has 1 saturated heterocycles. The van der Waals surface area contributed by atoms with Crippen molar-refractivity contribution < 1.29 is 51.7 Å². The third-order valence-corrected chi connectivity index (χ3v) is 8.28. The Morgan fingerprint density at radius 2 is 0.828 bits per heavy atom. The number of carbonyl (C=O) groups is 4. The van der Waals surface area contributed by atoms with Crippen molar-refractivity contribution in [2.75, 3.05) is 78.5 Å². The Balaban J connectivity index is 2.92. The van der Waals surface area contributed by atoms with Crippen LogP contribution in [0.4, 0.5) is 0 Å². The number of nitrogens with zero attached hydrogens (tertiary/aromatic N) is 4. The molecule has 1 rings (SSSR count). The molecule has 0 atom stereocenters. The van der Waals surface area contributed by atoms with E-state index in [1.807, 2.05) is 4.90 Å². The molecule has 0 unspecified atom stereocenters. The second kappa shape index (κ2) is 14.4. The van der Waals surface area contributed by atoms with Gasteiger partial charge in [0.05, 0.1) is 0 Å². The van der Waals surface area contributed by atoms with Crippen LogP contribution in [0.25, 0.3) is 0 Å².